The largest absolute Gasteiger partial charge is 0.496 e. The molecule has 0 heterocycles. The van der Waals surface area contributed by atoms with Crippen LogP contribution in [0.25, 0.3) is 0 Å². The van der Waals surface area contributed by atoms with Crippen molar-refractivity contribution in [2.75, 3.05) is 32.2 Å². The van der Waals surface area contributed by atoms with Crippen molar-refractivity contribution in [2.24, 2.45) is 0 Å². The fraction of sp³-hybridized carbons (Fsp3) is 0.240. The predicted molar refractivity (Wildman–Crippen MR) is 132 cm³/mol. The van der Waals surface area contributed by atoms with Gasteiger partial charge in [0, 0.05) is 5.69 Å². The molecule has 3 rings (SSSR count). The molecule has 0 aliphatic heterocycles. The molecule has 2 N–H and O–H groups in total. The molecule has 3 aromatic rings. The maximum atomic E-state index is 12.6. The van der Waals surface area contributed by atoms with Gasteiger partial charge in [-0.05, 0) is 67.6 Å². The number of amides is 1. The summed E-state index contributed by atoms with van der Waals surface area (Å²) in [7, 11) is -0.704. The number of anilines is 1. The number of hydrogen-bond acceptors (Lipinski definition) is 7. The molecule has 0 aliphatic carbocycles. The molecule has 0 spiro atoms. The molecule has 1 amide bonds. The van der Waals surface area contributed by atoms with Crippen LogP contribution >= 0.6 is 0 Å². The van der Waals surface area contributed by atoms with E-state index in [1.54, 1.807) is 56.7 Å². The van der Waals surface area contributed by atoms with Crippen molar-refractivity contribution < 1.29 is 32.2 Å². The third-order valence-electron chi connectivity index (χ3n) is 4.91. The minimum absolute atomic E-state index is 0.0615. The van der Waals surface area contributed by atoms with Gasteiger partial charge in [-0.3, -0.25) is 9.52 Å². The summed E-state index contributed by atoms with van der Waals surface area (Å²) in [6.07, 6.45) is 0. The van der Waals surface area contributed by atoms with Gasteiger partial charge in [-0.1, -0.05) is 6.07 Å². The topological polar surface area (TPSA) is 112 Å². The Morgan fingerprint density at radius 2 is 1.40 bits per heavy atom. The third kappa shape index (κ3) is 7.03. The van der Waals surface area contributed by atoms with Gasteiger partial charge < -0.3 is 24.3 Å². The lowest BCUT2D eigenvalue weighted by Gasteiger charge is -2.14. The molecule has 0 radical (unpaired) electrons. The molecule has 186 valence electrons. The zero-order valence-electron chi connectivity index (χ0n) is 19.7. The molecule has 0 bridgehead atoms. The van der Waals surface area contributed by atoms with Gasteiger partial charge >= 0.3 is 0 Å². The zero-order valence-corrected chi connectivity index (χ0v) is 20.6. The highest BCUT2D eigenvalue weighted by Gasteiger charge is 2.15. The summed E-state index contributed by atoms with van der Waals surface area (Å²) in [5, 5.41) is 2.75. The fourth-order valence-corrected chi connectivity index (χ4v) is 4.26. The Balaban J connectivity index is 1.54. The summed E-state index contributed by atoms with van der Waals surface area (Å²) in [5.74, 6) is 1.85. The average Bonchev–Trinajstić information content (AvgIpc) is 2.87. The number of hydrogen-bond donors (Lipinski definition) is 2. The lowest BCUT2D eigenvalue weighted by molar-refractivity contribution is -0.123. The molecule has 9 nitrogen and oxygen atoms in total. The van der Waals surface area contributed by atoms with Gasteiger partial charge in [-0.2, -0.15) is 0 Å². The third-order valence-corrected chi connectivity index (χ3v) is 6.31. The van der Waals surface area contributed by atoms with Crippen molar-refractivity contribution >= 4 is 21.6 Å². The van der Waals surface area contributed by atoms with Crippen LogP contribution in [-0.4, -0.2) is 41.8 Å². The lowest BCUT2D eigenvalue weighted by Crippen LogP contribution is -2.28. The van der Waals surface area contributed by atoms with Crippen molar-refractivity contribution in [3.8, 4) is 23.0 Å². The SMILES string of the molecule is CCOc1ccc(NS(=O)(=O)c2ccc(OCC(=O)NCc3c(OC)cccc3OC)cc2)cc1. The first-order valence-corrected chi connectivity index (χ1v) is 12.3. The van der Waals surface area contributed by atoms with Crippen LogP contribution in [0.2, 0.25) is 0 Å². The van der Waals surface area contributed by atoms with Crippen LogP contribution in [0.1, 0.15) is 12.5 Å². The standard InChI is InChI=1S/C25H28N2O7S/c1-4-33-19-10-8-18(9-11-19)27-35(29,30)21-14-12-20(13-15-21)34-17-25(28)26-16-22-23(31-2)6-5-7-24(22)32-3/h5-15,27H,4,16-17H2,1-3H3,(H,26,28). The Morgan fingerprint density at radius 1 is 0.829 bits per heavy atom. The number of benzene rings is 3. The second-order valence-electron chi connectivity index (χ2n) is 7.24. The maximum Gasteiger partial charge on any atom is 0.261 e. The van der Waals surface area contributed by atoms with Gasteiger partial charge in [0.1, 0.15) is 23.0 Å². The summed E-state index contributed by atoms with van der Waals surface area (Å²) in [6, 6.07) is 17.8. The molecule has 10 heteroatoms. The summed E-state index contributed by atoms with van der Waals surface area (Å²) in [6.45, 7) is 2.35. The van der Waals surface area contributed by atoms with E-state index in [0.29, 0.717) is 40.9 Å². The van der Waals surface area contributed by atoms with Crippen LogP contribution in [0.4, 0.5) is 5.69 Å². The molecule has 0 aliphatic rings. The normalized spacial score (nSPS) is 10.8. The first-order chi connectivity index (χ1) is 16.9. The van der Waals surface area contributed by atoms with Gasteiger partial charge in [0.25, 0.3) is 15.9 Å². The number of nitrogens with one attached hydrogen (secondary N) is 2. The quantitative estimate of drug-likeness (QED) is 0.391. The summed E-state index contributed by atoms with van der Waals surface area (Å²) in [4.78, 5) is 12.3. The Hall–Kier alpha value is -3.92. The van der Waals surface area contributed by atoms with E-state index < -0.39 is 10.0 Å². The molecule has 3 aromatic carbocycles. The molecular weight excluding hydrogens is 472 g/mol. The highest BCUT2D eigenvalue weighted by atomic mass is 32.2. The van der Waals surface area contributed by atoms with Gasteiger partial charge in [0.15, 0.2) is 6.61 Å². The smallest absolute Gasteiger partial charge is 0.261 e. The number of sulfonamides is 1. The van der Waals surface area contributed by atoms with E-state index in [2.05, 4.69) is 10.0 Å². The number of carbonyl (C=O) groups is 1. The first kappa shape index (κ1) is 25.7. The number of carbonyl (C=O) groups excluding carboxylic acids is 1. The number of methoxy groups -OCH3 is 2. The van der Waals surface area contributed by atoms with E-state index in [0.717, 1.165) is 0 Å². The van der Waals surface area contributed by atoms with Crippen molar-refractivity contribution in [1.82, 2.24) is 5.32 Å². The number of rotatable bonds is 12. The molecule has 0 fully saturated rings. The summed E-state index contributed by atoms with van der Waals surface area (Å²) >= 11 is 0. The van der Waals surface area contributed by atoms with Crippen LogP contribution in [0, 0.1) is 0 Å². The summed E-state index contributed by atoms with van der Waals surface area (Å²) in [5.41, 5.74) is 1.12. The minimum atomic E-state index is -3.79. The van der Waals surface area contributed by atoms with Crippen LogP contribution in [-0.2, 0) is 21.4 Å². The number of ether oxygens (including phenoxy) is 4. The molecule has 0 unspecified atom stereocenters. The molecule has 0 saturated carbocycles. The Labute approximate surface area is 205 Å². The van der Waals surface area contributed by atoms with Crippen LogP contribution in [0.3, 0.4) is 0 Å². The van der Waals surface area contributed by atoms with Gasteiger partial charge in [-0.25, -0.2) is 8.42 Å². The Kier molecular flexibility index (Phi) is 8.80. The van der Waals surface area contributed by atoms with E-state index in [4.69, 9.17) is 18.9 Å². The second kappa shape index (κ2) is 12.0. The average molecular weight is 501 g/mol. The Morgan fingerprint density at radius 3 is 1.97 bits per heavy atom. The van der Waals surface area contributed by atoms with E-state index in [9.17, 15) is 13.2 Å². The molecular formula is C25H28N2O7S. The summed E-state index contributed by atoms with van der Waals surface area (Å²) < 4.78 is 49.3. The van der Waals surface area contributed by atoms with Crippen molar-refractivity contribution in [3.63, 3.8) is 0 Å². The van der Waals surface area contributed by atoms with Gasteiger partial charge in [0.05, 0.1) is 37.8 Å². The monoisotopic (exact) mass is 500 g/mol. The predicted octanol–water partition coefficient (Wildman–Crippen LogP) is 3.60. The highest BCUT2D eigenvalue weighted by molar-refractivity contribution is 7.92. The van der Waals surface area contributed by atoms with E-state index in [1.165, 1.54) is 24.3 Å². The molecule has 0 saturated heterocycles. The van der Waals surface area contributed by atoms with Crippen LogP contribution in [0.15, 0.2) is 71.6 Å². The second-order valence-corrected chi connectivity index (χ2v) is 8.92. The van der Waals surface area contributed by atoms with Gasteiger partial charge in [0.2, 0.25) is 0 Å². The van der Waals surface area contributed by atoms with E-state index >= 15 is 0 Å². The lowest BCUT2D eigenvalue weighted by atomic mass is 10.1. The first-order valence-electron chi connectivity index (χ1n) is 10.8. The van der Waals surface area contributed by atoms with E-state index in [-0.39, 0.29) is 24.0 Å². The molecule has 0 aromatic heterocycles. The van der Waals surface area contributed by atoms with E-state index in [1.807, 2.05) is 6.92 Å². The van der Waals surface area contributed by atoms with Crippen molar-refractivity contribution in [1.29, 1.82) is 0 Å². The van der Waals surface area contributed by atoms with Crippen LogP contribution in [0.5, 0.6) is 23.0 Å². The molecule has 0 atom stereocenters. The van der Waals surface area contributed by atoms with Crippen LogP contribution < -0.4 is 29.0 Å². The maximum absolute atomic E-state index is 12.6. The van der Waals surface area contributed by atoms with Crippen molar-refractivity contribution in [3.05, 3.63) is 72.3 Å². The van der Waals surface area contributed by atoms with Gasteiger partial charge in [-0.15, -0.1) is 0 Å². The zero-order chi connectivity index (χ0) is 25.3. The van der Waals surface area contributed by atoms with Crippen molar-refractivity contribution in [2.45, 2.75) is 18.4 Å². The highest BCUT2D eigenvalue weighted by Crippen LogP contribution is 2.28. The fourth-order valence-electron chi connectivity index (χ4n) is 3.20. The molecule has 35 heavy (non-hydrogen) atoms. The minimum Gasteiger partial charge on any atom is -0.496 e. The Bertz CT molecular complexity index is 1210.